The molecule has 1 heterocycles. The van der Waals surface area contributed by atoms with Gasteiger partial charge in [0.15, 0.2) is 0 Å². The van der Waals surface area contributed by atoms with Crippen LogP contribution in [0, 0.1) is 6.92 Å². The number of primary sulfonamides is 1. The van der Waals surface area contributed by atoms with Gasteiger partial charge in [0.1, 0.15) is 0 Å². The maximum atomic E-state index is 11.6. The lowest BCUT2D eigenvalue weighted by Gasteiger charge is -2.31. The predicted molar refractivity (Wildman–Crippen MR) is 88.4 cm³/mol. The van der Waals surface area contributed by atoms with Gasteiger partial charge < -0.3 is 4.90 Å². The van der Waals surface area contributed by atoms with Crippen LogP contribution in [0.4, 0.5) is 5.69 Å². The number of hydrogen-bond acceptors (Lipinski definition) is 3. The van der Waals surface area contributed by atoms with Crippen molar-refractivity contribution < 1.29 is 8.42 Å². The number of benzene rings is 2. The van der Waals surface area contributed by atoms with Crippen molar-refractivity contribution in [2.24, 2.45) is 5.14 Å². The van der Waals surface area contributed by atoms with Gasteiger partial charge in [-0.05, 0) is 43.0 Å². The van der Waals surface area contributed by atoms with Gasteiger partial charge in [0.25, 0.3) is 0 Å². The smallest absolute Gasteiger partial charge is 0.238 e. The summed E-state index contributed by atoms with van der Waals surface area (Å²) < 4.78 is 23.2. The molecular weight excluding hydrogens is 296 g/mol. The summed E-state index contributed by atoms with van der Waals surface area (Å²) in [5.74, 6) is 0. The van der Waals surface area contributed by atoms with Crippen LogP contribution in [0.2, 0.25) is 0 Å². The fourth-order valence-electron chi connectivity index (χ4n) is 2.89. The zero-order valence-electron chi connectivity index (χ0n) is 12.6. The molecule has 0 bridgehead atoms. The summed E-state index contributed by atoms with van der Waals surface area (Å²) in [4.78, 5) is 2.42. The van der Waals surface area contributed by atoms with Crippen molar-refractivity contribution >= 4 is 15.7 Å². The Hall–Kier alpha value is -1.85. The van der Waals surface area contributed by atoms with E-state index in [0.717, 1.165) is 31.6 Å². The van der Waals surface area contributed by atoms with E-state index in [2.05, 4.69) is 36.1 Å². The molecule has 0 fully saturated rings. The van der Waals surface area contributed by atoms with Crippen LogP contribution in [0.1, 0.15) is 23.1 Å². The Morgan fingerprint density at radius 2 is 1.86 bits per heavy atom. The summed E-state index contributed by atoms with van der Waals surface area (Å²) in [6.45, 7) is 3.77. The lowest BCUT2D eigenvalue weighted by Crippen LogP contribution is -2.29. The topological polar surface area (TPSA) is 63.4 Å². The molecule has 5 heteroatoms. The number of aryl methyl sites for hydroxylation is 2. The molecule has 0 aliphatic carbocycles. The molecule has 0 unspecified atom stereocenters. The Kier molecular flexibility index (Phi) is 3.93. The van der Waals surface area contributed by atoms with Gasteiger partial charge in [0.2, 0.25) is 10.0 Å². The first-order valence-electron chi connectivity index (χ1n) is 7.40. The van der Waals surface area contributed by atoms with Gasteiger partial charge in [-0.1, -0.05) is 35.9 Å². The highest BCUT2D eigenvalue weighted by atomic mass is 32.2. The maximum absolute atomic E-state index is 11.6. The number of sulfonamides is 1. The summed E-state index contributed by atoms with van der Waals surface area (Å²) in [6.07, 6.45) is 2.05. The van der Waals surface area contributed by atoms with Crippen LogP contribution < -0.4 is 10.0 Å². The van der Waals surface area contributed by atoms with E-state index in [0.29, 0.717) is 0 Å². The molecule has 0 spiro atoms. The quantitative estimate of drug-likeness (QED) is 0.946. The second kappa shape index (κ2) is 5.74. The molecule has 0 aromatic heterocycles. The average Bonchev–Trinajstić information content (AvgIpc) is 2.48. The molecule has 0 amide bonds. The van der Waals surface area contributed by atoms with Crippen LogP contribution in [0.3, 0.4) is 0 Å². The molecule has 0 atom stereocenters. The SMILES string of the molecule is Cc1ccc(CN2CCCc3ccc(S(N)(=O)=O)cc32)cc1. The lowest BCUT2D eigenvalue weighted by molar-refractivity contribution is 0.597. The van der Waals surface area contributed by atoms with Gasteiger partial charge in [0, 0.05) is 18.8 Å². The van der Waals surface area contributed by atoms with Gasteiger partial charge >= 0.3 is 0 Å². The maximum Gasteiger partial charge on any atom is 0.238 e. The summed E-state index contributed by atoms with van der Waals surface area (Å²) in [7, 11) is -3.66. The normalized spacial score (nSPS) is 14.7. The number of nitrogens with zero attached hydrogens (tertiary/aromatic N) is 1. The molecule has 2 aromatic carbocycles. The number of rotatable bonds is 3. The highest BCUT2D eigenvalue weighted by molar-refractivity contribution is 7.89. The number of fused-ring (bicyclic) bond motifs is 1. The molecule has 22 heavy (non-hydrogen) atoms. The molecule has 4 nitrogen and oxygen atoms in total. The minimum atomic E-state index is -3.66. The Morgan fingerprint density at radius 1 is 1.14 bits per heavy atom. The predicted octanol–water partition coefficient (Wildman–Crippen LogP) is 2.60. The molecule has 2 aromatic rings. The Labute approximate surface area is 131 Å². The highest BCUT2D eigenvalue weighted by Crippen LogP contribution is 2.30. The molecular formula is C17H20N2O2S. The molecule has 1 aliphatic heterocycles. The first-order chi connectivity index (χ1) is 10.4. The number of hydrogen-bond donors (Lipinski definition) is 1. The van der Waals surface area contributed by atoms with Gasteiger partial charge in [-0.25, -0.2) is 13.6 Å². The molecule has 0 saturated carbocycles. The molecule has 0 radical (unpaired) electrons. The van der Waals surface area contributed by atoms with Crippen LogP contribution >= 0.6 is 0 Å². The summed E-state index contributed by atoms with van der Waals surface area (Å²) in [6, 6.07) is 13.6. The van der Waals surface area contributed by atoms with Crippen molar-refractivity contribution in [1.29, 1.82) is 0 Å². The molecule has 116 valence electrons. The van der Waals surface area contributed by atoms with Crippen LogP contribution in [-0.4, -0.2) is 15.0 Å². The van der Waals surface area contributed by atoms with Crippen molar-refractivity contribution in [3.63, 3.8) is 0 Å². The zero-order valence-corrected chi connectivity index (χ0v) is 13.4. The van der Waals surface area contributed by atoms with E-state index in [1.165, 1.54) is 16.7 Å². The van der Waals surface area contributed by atoms with E-state index in [9.17, 15) is 8.42 Å². The molecule has 3 rings (SSSR count). The van der Waals surface area contributed by atoms with E-state index >= 15 is 0 Å². The van der Waals surface area contributed by atoms with E-state index < -0.39 is 10.0 Å². The fourth-order valence-corrected chi connectivity index (χ4v) is 3.42. The number of nitrogens with two attached hydrogens (primary N) is 1. The molecule has 0 saturated heterocycles. The second-order valence-corrected chi connectivity index (χ2v) is 7.41. The fraction of sp³-hybridized carbons (Fsp3) is 0.294. The Bertz CT molecular complexity index is 783. The third-order valence-electron chi connectivity index (χ3n) is 4.09. The summed E-state index contributed by atoms with van der Waals surface area (Å²) in [5.41, 5.74) is 4.63. The Balaban J connectivity index is 1.94. The van der Waals surface area contributed by atoms with Crippen LogP contribution in [0.15, 0.2) is 47.4 Å². The minimum Gasteiger partial charge on any atom is -0.367 e. The summed E-state index contributed by atoms with van der Waals surface area (Å²) in [5, 5.41) is 5.26. The van der Waals surface area contributed by atoms with E-state index in [4.69, 9.17) is 5.14 Å². The molecule has 1 aliphatic rings. The van der Waals surface area contributed by atoms with Crippen molar-refractivity contribution in [3.8, 4) is 0 Å². The summed E-state index contributed by atoms with van der Waals surface area (Å²) >= 11 is 0. The standard InChI is InChI=1S/C17H20N2O2S/c1-13-4-6-14(7-5-13)12-19-10-2-3-15-8-9-16(11-17(15)19)22(18,20)21/h4-9,11H,2-3,10,12H2,1H3,(H2,18,20,21). The van der Waals surface area contributed by atoms with Crippen LogP contribution in [0.5, 0.6) is 0 Å². The van der Waals surface area contributed by atoms with E-state index in [1.807, 2.05) is 6.07 Å². The van der Waals surface area contributed by atoms with Crippen molar-refractivity contribution in [3.05, 3.63) is 59.2 Å². The Morgan fingerprint density at radius 3 is 2.55 bits per heavy atom. The average molecular weight is 316 g/mol. The van der Waals surface area contributed by atoms with E-state index in [-0.39, 0.29) is 4.90 Å². The van der Waals surface area contributed by atoms with Gasteiger partial charge in [-0.2, -0.15) is 0 Å². The largest absolute Gasteiger partial charge is 0.367 e. The lowest BCUT2D eigenvalue weighted by atomic mass is 10.0. The third kappa shape index (κ3) is 3.15. The monoisotopic (exact) mass is 316 g/mol. The van der Waals surface area contributed by atoms with Gasteiger partial charge in [-0.3, -0.25) is 0 Å². The first-order valence-corrected chi connectivity index (χ1v) is 8.94. The van der Waals surface area contributed by atoms with Crippen molar-refractivity contribution in [2.45, 2.75) is 31.2 Å². The van der Waals surface area contributed by atoms with Gasteiger partial charge in [-0.15, -0.1) is 0 Å². The molecule has 2 N–H and O–H groups in total. The van der Waals surface area contributed by atoms with Crippen molar-refractivity contribution in [2.75, 3.05) is 11.4 Å². The number of anilines is 1. The zero-order chi connectivity index (χ0) is 15.7. The highest BCUT2D eigenvalue weighted by Gasteiger charge is 2.19. The minimum absolute atomic E-state index is 0.182. The van der Waals surface area contributed by atoms with Crippen LogP contribution in [0.25, 0.3) is 0 Å². The van der Waals surface area contributed by atoms with Gasteiger partial charge in [0.05, 0.1) is 4.90 Å². The second-order valence-electron chi connectivity index (χ2n) is 5.85. The van der Waals surface area contributed by atoms with Crippen LogP contribution in [-0.2, 0) is 23.0 Å². The first kappa shape index (κ1) is 15.1. The van der Waals surface area contributed by atoms with Crippen molar-refractivity contribution in [1.82, 2.24) is 0 Å². The third-order valence-corrected chi connectivity index (χ3v) is 5.01. The van der Waals surface area contributed by atoms with E-state index in [1.54, 1.807) is 12.1 Å².